The average Bonchev–Trinajstić information content (AvgIpc) is 2.58. The van der Waals surface area contributed by atoms with Crippen molar-refractivity contribution in [2.45, 2.75) is 26.3 Å². The number of rotatable bonds is 7. The SMILES string of the molecule is COC(=O)[C@@H](CC(C)C)NC(=O)COC(=O)c1ccc(C#N)cc1. The quantitative estimate of drug-likeness (QED) is 0.757. The summed E-state index contributed by atoms with van der Waals surface area (Å²) < 4.78 is 9.54. The van der Waals surface area contributed by atoms with Gasteiger partial charge in [0.25, 0.3) is 5.91 Å². The lowest BCUT2D eigenvalue weighted by atomic mass is 10.0. The van der Waals surface area contributed by atoms with Crippen LogP contribution in [0.3, 0.4) is 0 Å². The van der Waals surface area contributed by atoms with Crippen molar-refractivity contribution in [1.29, 1.82) is 5.26 Å². The van der Waals surface area contributed by atoms with Gasteiger partial charge in [0, 0.05) is 0 Å². The number of ether oxygens (including phenoxy) is 2. The van der Waals surface area contributed by atoms with E-state index in [0.717, 1.165) is 0 Å². The fraction of sp³-hybridized carbons (Fsp3) is 0.412. The standard InChI is InChI=1S/C17H20N2O5/c1-11(2)8-14(17(22)23-3)19-15(20)10-24-16(21)13-6-4-12(9-18)5-7-13/h4-7,11,14H,8,10H2,1-3H3,(H,19,20)/t14-/m1/s1. The zero-order chi connectivity index (χ0) is 18.1. The summed E-state index contributed by atoms with van der Waals surface area (Å²) in [6.45, 7) is 3.31. The van der Waals surface area contributed by atoms with Crippen molar-refractivity contribution in [3.63, 3.8) is 0 Å². The number of nitrogens with one attached hydrogen (secondary N) is 1. The summed E-state index contributed by atoms with van der Waals surface area (Å²) in [4.78, 5) is 35.3. The van der Waals surface area contributed by atoms with Crippen LogP contribution in [0.5, 0.6) is 0 Å². The molecule has 0 aliphatic heterocycles. The van der Waals surface area contributed by atoms with Crippen LogP contribution in [-0.2, 0) is 19.1 Å². The predicted octanol–water partition coefficient (Wildman–Crippen LogP) is 1.42. The molecule has 7 nitrogen and oxygen atoms in total. The number of hydrogen-bond donors (Lipinski definition) is 1. The normalized spacial score (nSPS) is 11.3. The van der Waals surface area contributed by atoms with Gasteiger partial charge in [-0.25, -0.2) is 9.59 Å². The molecule has 0 radical (unpaired) electrons. The first-order valence-corrected chi connectivity index (χ1v) is 7.41. The molecule has 0 heterocycles. The van der Waals surface area contributed by atoms with Crippen molar-refractivity contribution in [1.82, 2.24) is 5.32 Å². The highest BCUT2D eigenvalue weighted by atomic mass is 16.5. The number of nitriles is 1. The van der Waals surface area contributed by atoms with Gasteiger partial charge in [-0.1, -0.05) is 13.8 Å². The smallest absolute Gasteiger partial charge is 0.338 e. The molecular formula is C17H20N2O5. The summed E-state index contributed by atoms with van der Waals surface area (Å²) in [6, 6.07) is 6.99. The number of amides is 1. The molecule has 0 aromatic heterocycles. The fourth-order valence-electron chi connectivity index (χ4n) is 1.96. The molecule has 1 atom stereocenters. The van der Waals surface area contributed by atoms with Crippen molar-refractivity contribution in [3.05, 3.63) is 35.4 Å². The Bertz CT molecular complexity index is 631. The zero-order valence-electron chi connectivity index (χ0n) is 13.9. The molecule has 128 valence electrons. The van der Waals surface area contributed by atoms with Gasteiger partial charge in [-0.05, 0) is 36.6 Å². The first-order chi connectivity index (χ1) is 11.4. The number of hydrogen-bond acceptors (Lipinski definition) is 6. The summed E-state index contributed by atoms with van der Waals surface area (Å²) in [5.41, 5.74) is 0.646. The Labute approximate surface area is 140 Å². The molecule has 0 aliphatic rings. The van der Waals surface area contributed by atoms with Gasteiger partial charge in [0.15, 0.2) is 6.61 Å². The van der Waals surface area contributed by atoms with Gasteiger partial charge in [0.2, 0.25) is 0 Å². The Morgan fingerprint density at radius 2 is 1.83 bits per heavy atom. The van der Waals surface area contributed by atoms with Crippen molar-refractivity contribution >= 4 is 17.8 Å². The molecule has 0 saturated carbocycles. The maximum absolute atomic E-state index is 11.9. The van der Waals surface area contributed by atoms with Crippen LogP contribution in [0.15, 0.2) is 24.3 Å². The lowest BCUT2D eigenvalue weighted by Crippen LogP contribution is -2.44. The van der Waals surface area contributed by atoms with Gasteiger partial charge < -0.3 is 14.8 Å². The predicted molar refractivity (Wildman–Crippen MR) is 84.8 cm³/mol. The van der Waals surface area contributed by atoms with E-state index < -0.39 is 30.5 Å². The van der Waals surface area contributed by atoms with Crippen LogP contribution in [0.1, 0.15) is 36.2 Å². The van der Waals surface area contributed by atoms with E-state index in [2.05, 4.69) is 10.1 Å². The van der Waals surface area contributed by atoms with Crippen LogP contribution in [0.4, 0.5) is 0 Å². The summed E-state index contributed by atoms with van der Waals surface area (Å²) in [5.74, 6) is -1.65. The van der Waals surface area contributed by atoms with Gasteiger partial charge in [-0.3, -0.25) is 4.79 Å². The van der Waals surface area contributed by atoms with Gasteiger partial charge in [0.1, 0.15) is 6.04 Å². The topological polar surface area (TPSA) is 105 Å². The number of carbonyl (C=O) groups excluding carboxylic acids is 3. The van der Waals surface area contributed by atoms with Crippen LogP contribution in [0.2, 0.25) is 0 Å². The molecule has 0 aliphatic carbocycles. The molecule has 7 heteroatoms. The lowest BCUT2D eigenvalue weighted by molar-refractivity contribution is -0.145. The number of esters is 2. The second kappa shape index (κ2) is 9.30. The molecule has 1 amide bonds. The van der Waals surface area contributed by atoms with E-state index in [4.69, 9.17) is 10.00 Å². The highest BCUT2D eigenvalue weighted by molar-refractivity contribution is 5.92. The van der Waals surface area contributed by atoms with Gasteiger partial charge >= 0.3 is 11.9 Å². The van der Waals surface area contributed by atoms with E-state index in [-0.39, 0.29) is 11.5 Å². The Morgan fingerprint density at radius 3 is 2.33 bits per heavy atom. The lowest BCUT2D eigenvalue weighted by Gasteiger charge is -2.18. The third kappa shape index (κ3) is 6.08. The number of benzene rings is 1. The molecule has 1 aromatic rings. The minimum atomic E-state index is -0.781. The maximum Gasteiger partial charge on any atom is 0.338 e. The van der Waals surface area contributed by atoms with Gasteiger partial charge in [-0.2, -0.15) is 5.26 Å². The largest absolute Gasteiger partial charge is 0.467 e. The Morgan fingerprint density at radius 1 is 1.21 bits per heavy atom. The Balaban J connectivity index is 2.55. The second-order valence-corrected chi connectivity index (χ2v) is 5.54. The summed E-state index contributed by atoms with van der Waals surface area (Å²) in [5, 5.41) is 11.2. The van der Waals surface area contributed by atoms with Crippen molar-refractivity contribution in [3.8, 4) is 6.07 Å². The van der Waals surface area contributed by atoms with Crippen LogP contribution in [0, 0.1) is 17.2 Å². The molecule has 1 rings (SSSR count). The van der Waals surface area contributed by atoms with Gasteiger partial charge in [0.05, 0.1) is 24.3 Å². The van der Waals surface area contributed by atoms with E-state index in [1.165, 1.54) is 31.4 Å². The van der Waals surface area contributed by atoms with Gasteiger partial charge in [-0.15, -0.1) is 0 Å². The van der Waals surface area contributed by atoms with Crippen molar-refractivity contribution < 1.29 is 23.9 Å². The zero-order valence-corrected chi connectivity index (χ0v) is 13.9. The molecule has 1 aromatic carbocycles. The molecule has 1 N–H and O–H groups in total. The molecule has 24 heavy (non-hydrogen) atoms. The van der Waals surface area contributed by atoms with Crippen LogP contribution in [-0.4, -0.2) is 37.6 Å². The third-order valence-electron chi connectivity index (χ3n) is 3.11. The van der Waals surface area contributed by atoms with E-state index in [0.29, 0.717) is 12.0 Å². The second-order valence-electron chi connectivity index (χ2n) is 5.54. The first-order valence-electron chi connectivity index (χ1n) is 7.41. The van der Waals surface area contributed by atoms with E-state index in [9.17, 15) is 14.4 Å². The first kappa shape index (κ1) is 19.2. The van der Waals surface area contributed by atoms with E-state index in [1.807, 2.05) is 19.9 Å². The molecule has 0 spiro atoms. The van der Waals surface area contributed by atoms with Crippen molar-refractivity contribution in [2.75, 3.05) is 13.7 Å². The van der Waals surface area contributed by atoms with E-state index >= 15 is 0 Å². The molecule has 0 unspecified atom stereocenters. The van der Waals surface area contributed by atoms with Crippen LogP contribution < -0.4 is 5.32 Å². The Hall–Kier alpha value is -2.88. The monoisotopic (exact) mass is 332 g/mol. The highest BCUT2D eigenvalue weighted by Crippen LogP contribution is 2.07. The number of carbonyl (C=O) groups is 3. The number of methoxy groups -OCH3 is 1. The molecular weight excluding hydrogens is 312 g/mol. The minimum absolute atomic E-state index is 0.176. The average molecular weight is 332 g/mol. The van der Waals surface area contributed by atoms with Crippen LogP contribution >= 0.6 is 0 Å². The maximum atomic E-state index is 11.9. The molecule has 0 saturated heterocycles. The highest BCUT2D eigenvalue weighted by Gasteiger charge is 2.23. The summed E-state index contributed by atoms with van der Waals surface area (Å²) >= 11 is 0. The van der Waals surface area contributed by atoms with E-state index in [1.54, 1.807) is 0 Å². The van der Waals surface area contributed by atoms with Crippen molar-refractivity contribution in [2.24, 2.45) is 5.92 Å². The molecule has 0 fully saturated rings. The fourth-order valence-corrected chi connectivity index (χ4v) is 1.96. The minimum Gasteiger partial charge on any atom is -0.467 e. The summed E-state index contributed by atoms with van der Waals surface area (Å²) in [6.07, 6.45) is 0.419. The Kier molecular flexibility index (Phi) is 7.43. The number of nitrogens with zero attached hydrogens (tertiary/aromatic N) is 1. The third-order valence-corrected chi connectivity index (χ3v) is 3.11. The van der Waals surface area contributed by atoms with Crippen LogP contribution in [0.25, 0.3) is 0 Å². The molecule has 0 bridgehead atoms. The summed E-state index contributed by atoms with van der Waals surface area (Å²) in [7, 11) is 1.24.